The van der Waals surface area contributed by atoms with Crippen LogP contribution in [-0.4, -0.2) is 20.2 Å². The van der Waals surface area contributed by atoms with Crippen LogP contribution in [0.5, 0.6) is 0 Å². The van der Waals surface area contributed by atoms with Crippen LogP contribution in [-0.2, 0) is 0 Å². The lowest BCUT2D eigenvalue weighted by atomic mass is 10.2. The summed E-state index contributed by atoms with van der Waals surface area (Å²) in [6.07, 6.45) is 5.29. The summed E-state index contributed by atoms with van der Waals surface area (Å²) in [5.74, 6) is 0. The Kier molecular flexibility index (Phi) is 1.14. The Hall–Kier alpha value is -1.97. The van der Waals surface area contributed by atoms with Gasteiger partial charge in [-0.25, -0.2) is 4.98 Å². The topological polar surface area (TPSA) is 54.5 Å². The molecule has 0 aliphatic heterocycles. The Morgan fingerprint density at radius 2 is 2.15 bits per heavy atom. The van der Waals surface area contributed by atoms with Gasteiger partial charge in [-0.1, -0.05) is 0 Å². The number of rotatable bonds is 0. The SMILES string of the molecule is c1cc2c(cnc3[nH]ccc32)nn1. The van der Waals surface area contributed by atoms with Gasteiger partial charge < -0.3 is 4.98 Å². The van der Waals surface area contributed by atoms with Crippen molar-refractivity contribution in [2.75, 3.05) is 0 Å². The van der Waals surface area contributed by atoms with Gasteiger partial charge in [-0.2, -0.15) is 5.10 Å². The minimum absolute atomic E-state index is 0.828. The molecule has 4 heteroatoms. The Bertz CT molecular complexity index is 570. The predicted molar refractivity (Wildman–Crippen MR) is 49.2 cm³/mol. The van der Waals surface area contributed by atoms with E-state index >= 15 is 0 Å². The smallest absolute Gasteiger partial charge is 0.137 e. The number of nitrogens with zero attached hydrogens (tertiary/aromatic N) is 3. The quantitative estimate of drug-likeness (QED) is 0.556. The predicted octanol–water partition coefficient (Wildman–Crippen LogP) is 1.51. The van der Waals surface area contributed by atoms with Crippen LogP contribution in [0, 0.1) is 0 Å². The molecule has 0 unspecified atom stereocenters. The molecule has 4 nitrogen and oxygen atoms in total. The number of hydrogen-bond donors (Lipinski definition) is 1. The fourth-order valence-corrected chi connectivity index (χ4v) is 1.48. The molecule has 0 aliphatic carbocycles. The fraction of sp³-hybridized carbons (Fsp3) is 0. The van der Waals surface area contributed by atoms with Crippen LogP contribution in [0.3, 0.4) is 0 Å². The highest BCUT2D eigenvalue weighted by Gasteiger charge is 2.01. The number of hydrogen-bond acceptors (Lipinski definition) is 3. The highest BCUT2D eigenvalue weighted by atomic mass is 15.1. The maximum atomic E-state index is 4.21. The van der Waals surface area contributed by atoms with E-state index < -0.39 is 0 Å². The lowest BCUT2D eigenvalue weighted by Crippen LogP contribution is -1.84. The lowest BCUT2D eigenvalue weighted by Gasteiger charge is -1.95. The molecule has 0 atom stereocenters. The van der Waals surface area contributed by atoms with Gasteiger partial charge in [0.15, 0.2) is 0 Å². The molecule has 0 spiro atoms. The molecule has 3 rings (SSSR count). The molecule has 0 radical (unpaired) electrons. The van der Waals surface area contributed by atoms with Crippen molar-refractivity contribution in [3.63, 3.8) is 0 Å². The molecule has 13 heavy (non-hydrogen) atoms. The zero-order valence-corrected chi connectivity index (χ0v) is 6.73. The van der Waals surface area contributed by atoms with Gasteiger partial charge in [0.25, 0.3) is 0 Å². The molecule has 0 saturated heterocycles. The number of pyridine rings is 1. The summed E-state index contributed by atoms with van der Waals surface area (Å²) < 4.78 is 0. The average molecular weight is 170 g/mol. The molecule has 3 aromatic rings. The van der Waals surface area contributed by atoms with Gasteiger partial charge in [0.05, 0.1) is 12.4 Å². The maximum Gasteiger partial charge on any atom is 0.137 e. The number of fused-ring (bicyclic) bond motifs is 3. The molecule has 3 heterocycles. The van der Waals surface area contributed by atoms with Crippen molar-refractivity contribution in [1.82, 2.24) is 20.2 Å². The number of aromatic nitrogens is 4. The minimum Gasteiger partial charge on any atom is -0.346 e. The number of nitrogens with one attached hydrogen (secondary N) is 1. The zero-order valence-electron chi connectivity index (χ0n) is 6.73. The van der Waals surface area contributed by atoms with Crippen molar-refractivity contribution in [3.05, 3.63) is 30.7 Å². The average Bonchev–Trinajstić information content (AvgIpc) is 2.65. The maximum absolute atomic E-state index is 4.21. The van der Waals surface area contributed by atoms with Gasteiger partial charge in [0, 0.05) is 17.0 Å². The van der Waals surface area contributed by atoms with Gasteiger partial charge in [0.2, 0.25) is 0 Å². The summed E-state index contributed by atoms with van der Waals surface area (Å²) >= 11 is 0. The Morgan fingerprint density at radius 1 is 1.15 bits per heavy atom. The van der Waals surface area contributed by atoms with Crippen molar-refractivity contribution in [2.45, 2.75) is 0 Å². The molecule has 0 bridgehead atoms. The van der Waals surface area contributed by atoms with Crippen molar-refractivity contribution in [1.29, 1.82) is 0 Å². The molecule has 62 valence electrons. The van der Waals surface area contributed by atoms with E-state index in [1.807, 2.05) is 18.3 Å². The van der Waals surface area contributed by atoms with E-state index in [0.29, 0.717) is 0 Å². The molecule has 1 N–H and O–H groups in total. The van der Waals surface area contributed by atoms with Gasteiger partial charge in [-0.3, -0.25) is 0 Å². The highest BCUT2D eigenvalue weighted by Crippen LogP contribution is 2.19. The third-order valence-corrected chi connectivity index (χ3v) is 2.08. The van der Waals surface area contributed by atoms with Crippen LogP contribution in [0.2, 0.25) is 0 Å². The van der Waals surface area contributed by atoms with Crippen molar-refractivity contribution < 1.29 is 0 Å². The number of aromatic amines is 1. The Labute approximate surface area is 73.6 Å². The van der Waals surface area contributed by atoms with Crippen LogP contribution in [0.1, 0.15) is 0 Å². The second-order valence-corrected chi connectivity index (χ2v) is 2.83. The summed E-state index contributed by atoms with van der Waals surface area (Å²) in [6.45, 7) is 0. The molecular formula is C9H6N4. The molecule has 0 aromatic carbocycles. The minimum atomic E-state index is 0.828. The van der Waals surface area contributed by atoms with E-state index in [9.17, 15) is 0 Å². The Morgan fingerprint density at radius 3 is 3.15 bits per heavy atom. The van der Waals surface area contributed by atoms with E-state index in [2.05, 4.69) is 20.2 Å². The second kappa shape index (κ2) is 2.26. The van der Waals surface area contributed by atoms with E-state index in [-0.39, 0.29) is 0 Å². The molecule has 0 amide bonds. The van der Waals surface area contributed by atoms with Gasteiger partial charge >= 0.3 is 0 Å². The molecule has 0 aliphatic rings. The van der Waals surface area contributed by atoms with Gasteiger partial charge in [-0.05, 0) is 12.1 Å². The third-order valence-electron chi connectivity index (χ3n) is 2.08. The first kappa shape index (κ1) is 6.54. The summed E-state index contributed by atoms with van der Waals surface area (Å²) in [4.78, 5) is 7.26. The fourth-order valence-electron chi connectivity index (χ4n) is 1.48. The zero-order chi connectivity index (χ0) is 8.67. The van der Waals surface area contributed by atoms with Crippen LogP contribution >= 0.6 is 0 Å². The van der Waals surface area contributed by atoms with Gasteiger partial charge in [0.1, 0.15) is 11.2 Å². The number of H-pyrrole nitrogens is 1. The highest BCUT2D eigenvalue weighted by molar-refractivity contribution is 6.02. The van der Waals surface area contributed by atoms with E-state index in [1.165, 1.54) is 0 Å². The second-order valence-electron chi connectivity index (χ2n) is 2.83. The first-order valence-electron chi connectivity index (χ1n) is 3.98. The summed E-state index contributed by atoms with van der Waals surface area (Å²) in [5.41, 5.74) is 1.72. The Balaban J connectivity index is 2.65. The summed E-state index contributed by atoms with van der Waals surface area (Å²) in [6, 6.07) is 3.94. The molecule has 0 saturated carbocycles. The first-order chi connectivity index (χ1) is 6.45. The standard InChI is InChI=1S/C9H6N4/c1-3-10-9-7(1)6-2-4-12-13-8(6)5-11-9/h1-5H,(H,10,11). The van der Waals surface area contributed by atoms with Crippen LogP contribution in [0.25, 0.3) is 21.9 Å². The normalized spacial score (nSPS) is 11.1. The van der Waals surface area contributed by atoms with E-state index in [1.54, 1.807) is 12.4 Å². The van der Waals surface area contributed by atoms with Gasteiger partial charge in [-0.15, -0.1) is 5.10 Å². The van der Waals surface area contributed by atoms with Crippen molar-refractivity contribution in [3.8, 4) is 0 Å². The van der Waals surface area contributed by atoms with Crippen molar-refractivity contribution >= 4 is 21.9 Å². The van der Waals surface area contributed by atoms with E-state index in [4.69, 9.17) is 0 Å². The molecular weight excluding hydrogens is 164 g/mol. The van der Waals surface area contributed by atoms with Crippen molar-refractivity contribution in [2.24, 2.45) is 0 Å². The largest absolute Gasteiger partial charge is 0.346 e. The monoisotopic (exact) mass is 170 g/mol. The van der Waals surface area contributed by atoms with Crippen LogP contribution in [0.4, 0.5) is 0 Å². The molecule has 3 aromatic heterocycles. The van der Waals surface area contributed by atoms with E-state index in [0.717, 1.165) is 21.9 Å². The third kappa shape index (κ3) is 0.823. The van der Waals surface area contributed by atoms with Crippen LogP contribution in [0.15, 0.2) is 30.7 Å². The lowest BCUT2D eigenvalue weighted by molar-refractivity contribution is 1.07. The molecule has 0 fully saturated rings. The summed E-state index contributed by atoms with van der Waals surface area (Å²) in [7, 11) is 0. The first-order valence-corrected chi connectivity index (χ1v) is 3.98. The summed E-state index contributed by atoms with van der Waals surface area (Å²) in [5, 5.41) is 9.96. The van der Waals surface area contributed by atoms with Crippen LogP contribution < -0.4 is 0 Å².